The Morgan fingerprint density at radius 3 is 1.60 bits per heavy atom. The van der Waals surface area contributed by atoms with Gasteiger partial charge in [-0.3, -0.25) is 0 Å². The number of ether oxygens (including phenoxy) is 4. The number of carbonyl (C=O) groups is 2. The van der Waals surface area contributed by atoms with Crippen LogP contribution in [0.5, 0.6) is 11.5 Å². The molecule has 0 aromatic heterocycles. The van der Waals surface area contributed by atoms with Crippen LogP contribution in [-0.4, -0.2) is 11.9 Å². The van der Waals surface area contributed by atoms with Crippen LogP contribution in [0.2, 0.25) is 0 Å². The van der Waals surface area contributed by atoms with E-state index in [2.05, 4.69) is 17.9 Å². The molecule has 0 aliphatic carbocycles. The van der Waals surface area contributed by atoms with Gasteiger partial charge in [-0.2, -0.15) is 4.39 Å². The van der Waals surface area contributed by atoms with Crippen LogP contribution in [0, 0.1) is 23.3 Å². The lowest BCUT2D eigenvalue weighted by Gasteiger charge is -2.12. The number of rotatable bonds is 10. The summed E-state index contributed by atoms with van der Waals surface area (Å²) in [5.41, 5.74) is -0.568. The molecule has 0 spiro atoms. The minimum atomic E-state index is -1.47. The molecule has 3 rings (SSSR count). The Kier molecular flexibility index (Phi) is 9.64. The maximum Gasteiger partial charge on any atom is 0.338 e. The van der Waals surface area contributed by atoms with Gasteiger partial charge in [-0.25, -0.2) is 22.8 Å². The first-order valence-corrected chi connectivity index (χ1v) is 11.4. The number of halogens is 4. The Balaban J connectivity index is 1.76. The molecule has 6 nitrogen and oxygen atoms in total. The van der Waals surface area contributed by atoms with E-state index >= 15 is 0 Å². The first-order chi connectivity index (χ1) is 19.0. The Bertz CT molecular complexity index is 1520. The average molecular weight is 554 g/mol. The molecular formula is C30H22F4O6. The fourth-order valence-corrected chi connectivity index (χ4v) is 3.11. The fourth-order valence-electron chi connectivity index (χ4n) is 3.11. The molecule has 0 aliphatic rings. The van der Waals surface area contributed by atoms with Crippen molar-refractivity contribution < 1.29 is 46.1 Å². The van der Waals surface area contributed by atoms with Gasteiger partial charge in [0.05, 0.1) is 0 Å². The van der Waals surface area contributed by atoms with Gasteiger partial charge in [0, 0.05) is 27.8 Å². The van der Waals surface area contributed by atoms with Crippen molar-refractivity contribution in [3.05, 3.63) is 121 Å². The summed E-state index contributed by atoms with van der Waals surface area (Å²) in [7, 11) is 0. The molecule has 0 heterocycles. The van der Waals surface area contributed by atoms with E-state index < -0.39 is 52.1 Å². The van der Waals surface area contributed by atoms with Crippen LogP contribution in [0.15, 0.2) is 97.9 Å². The van der Waals surface area contributed by atoms with E-state index in [1.165, 1.54) is 44.2 Å². The molecule has 0 amide bonds. The number of benzene rings is 3. The van der Waals surface area contributed by atoms with Crippen molar-refractivity contribution in [3.63, 3.8) is 0 Å². The zero-order valence-electron chi connectivity index (χ0n) is 21.3. The molecule has 3 aromatic rings. The van der Waals surface area contributed by atoms with E-state index in [4.69, 9.17) is 14.2 Å². The summed E-state index contributed by atoms with van der Waals surface area (Å²) < 4.78 is 78.9. The zero-order valence-corrected chi connectivity index (χ0v) is 21.3. The molecule has 0 fully saturated rings. The molecule has 3 aromatic carbocycles. The Hall–Kier alpha value is -5.12. The highest BCUT2D eigenvalue weighted by molar-refractivity contribution is 5.87. The van der Waals surface area contributed by atoms with Crippen LogP contribution in [0.4, 0.5) is 17.6 Å². The van der Waals surface area contributed by atoms with Crippen LogP contribution in [0.25, 0.3) is 22.3 Å². The third-order valence-corrected chi connectivity index (χ3v) is 5.14. The normalized spacial score (nSPS) is 10.9. The summed E-state index contributed by atoms with van der Waals surface area (Å²) in [6.07, 6.45) is 3.76. The molecule has 40 heavy (non-hydrogen) atoms. The van der Waals surface area contributed by atoms with Gasteiger partial charge in [-0.05, 0) is 43.7 Å². The third kappa shape index (κ3) is 7.04. The summed E-state index contributed by atoms with van der Waals surface area (Å²) >= 11 is 0. The van der Waals surface area contributed by atoms with E-state index in [9.17, 15) is 27.2 Å². The van der Waals surface area contributed by atoms with Gasteiger partial charge in [0.25, 0.3) is 0 Å². The van der Waals surface area contributed by atoms with Crippen molar-refractivity contribution in [2.45, 2.75) is 13.8 Å². The van der Waals surface area contributed by atoms with Gasteiger partial charge < -0.3 is 18.9 Å². The van der Waals surface area contributed by atoms with Gasteiger partial charge in [-0.15, -0.1) is 0 Å². The second-order valence-corrected chi connectivity index (χ2v) is 8.20. The standard InChI is InChI=1S/C30H22F4O6/c1-17(2)29(35)39-15-13-37-20-7-5-19(6-8-20)21-9-10-22(26(32)25(21)31)23-11-12-24(28(34)27(23)33)38-14-16-40-30(36)18(3)4/h5-16H,1,3H2,2,4H3/b15-13-,16-14-. The second kappa shape index (κ2) is 13.1. The van der Waals surface area contributed by atoms with E-state index in [1.807, 2.05) is 0 Å². The van der Waals surface area contributed by atoms with E-state index in [0.29, 0.717) is 5.75 Å². The molecule has 0 unspecified atom stereocenters. The number of esters is 2. The highest BCUT2D eigenvalue weighted by atomic mass is 19.2. The average Bonchev–Trinajstić information content (AvgIpc) is 2.93. The highest BCUT2D eigenvalue weighted by Gasteiger charge is 2.22. The van der Waals surface area contributed by atoms with Crippen LogP contribution in [0.1, 0.15) is 13.8 Å². The maximum absolute atomic E-state index is 15.0. The van der Waals surface area contributed by atoms with Crippen LogP contribution in [-0.2, 0) is 19.1 Å². The first kappa shape index (κ1) is 29.4. The SMILES string of the molecule is C=C(C)C(=O)O/C=C\Oc1ccc(-c2ccc(-c3ccc(O/C=C\OC(=O)C(=C)C)c(F)c3F)c(F)c2F)cc1. The van der Waals surface area contributed by atoms with Gasteiger partial charge in [0.2, 0.25) is 5.82 Å². The Morgan fingerprint density at radius 2 is 1.05 bits per heavy atom. The highest BCUT2D eigenvalue weighted by Crippen LogP contribution is 2.35. The van der Waals surface area contributed by atoms with Crippen LogP contribution < -0.4 is 9.47 Å². The molecule has 0 bridgehead atoms. The van der Waals surface area contributed by atoms with Crippen molar-refractivity contribution in [3.8, 4) is 33.8 Å². The smallest absolute Gasteiger partial charge is 0.338 e. The quantitative estimate of drug-likeness (QED) is 0.112. The summed E-state index contributed by atoms with van der Waals surface area (Å²) in [5.74, 6) is -7.24. The third-order valence-electron chi connectivity index (χ3n) is 5.14. The molecule has 0 N–H and O–H groups in total. The summed E-state index contributed by atoms with van der Waals surface area (Å²) in [6.45, 7) is 9.71. The van der Waals surface area contributed by atoms with Crippen molar-refractivity contribution in [1.82, 2.24) is 0 Å². The monoisotopic (exact) mass is 554 g/mol. The summed E-state index contributed by atoms with van der Waals surface area (Å²) in [6, 6.07) is 10.2. The number of carbonyl (C=O) groups excluding carboxylic acids is 2. The van der Waals surface area contributed by atoms with E-state index in [0.717, 1.165) is 43.2 Å². The fraction of sp³-hybridized carbons (Fsp3) is 0.0667. The minimum absolute atomic E-state index is 0.116. The Morgan fingerprint density at radius 1 is 0.600 bits per heavy atom. The summed E-state index contributed by atoms with van der Waals surface area (Å²) in [4.78, 5) is 22.6. The second-order valence-electron chi connectivity index (χ2n) is 8.20. The first-order valence-electron chi connectivity index (χ1n) is 11.4. The van der Waals surface area contributed by atoms with Crippen molar-refractivity contribution >= 4 is 11.9 Å². The number of hydrogen-bond acceptors (Lipinski definition) is 6. The van der Waals surface area contributed by atoms with Crippen LogP contribution in [0.3, 0.4) is 0 Å². The molecule has 0 saturated carbocycles. The molecular weight excluding hydrogens is 532 g/mol. The predicted octanol–water partition coefficient (Wildman–Crippen LogP) is 7.52. The van der Waals surface area contributed by atoms with E-state index in [1.54, 1.807) is 0 Å². The van der Waals surface area contributed by atoms with Crippen molar-refractivity contribution in [2.24, 2.45) is 0 Å². The van der Waals surface area contributed by atoms with Gasteiger partial charge in [0.15, 0.2) is 23.2 Å². The zero-order chi connectivity index (χ0) is 29.4. The minimum Gasteiger partial charge on any atom is -0.462 e. The molecule has 206 valence electrons. The van der Waals surface area contributed by atoms with Gasteiger partial charge in [0.1, 0.15) is 30.8 Å². The number of hydrogen-bond donors (Lipinski definition) is 0. The molecule has 0 saturated heterocycles. The van der Waals surface area contributed by atoms with E-state index in [-0.39, 0.29) is 22.3 Å². The molecule has 10 heteroatoms. The topological polar surface area (TPSA) is 71.1 Å². The predicted molar refractivity (Wildman–Crippen MR) is 138 cm³/mol. The van der Waals surface area contributed by atoms with Gasteiger partial charge in [-0.1, -0.05) is 37.4 Å². The lowest BCUT2D eigenvalue weighted by Crippen LogP contribution is -2.00. The van der Waals surface area contributed by atoms with Gasteiger partial charge >= 0.3 is 11.9 Å². The van der Waals surface area contributed by atoms with Crippen molar-refractivity contribution in [1.29, 1.82) is 0 Å². The largest absolute Gasteiger partial charge is 0.462 e. The summed E-state index contributed by atoms with van der Waals surface area (Å²) in [5, 5.41) is 0. The Labute approximate surface area is 227 Å². The van der Waals surface area contributed by atoms with Crippen molar-refractivity contribution in [2.75, 3.05) is 0 Å². The van der Waals surface area contributed by atoms with Crippen LogP contribution >= 0.6 is 0 Å². The molecule has 0 radical (unpaired) electrons. The molecule has 0 aliphatic heterocycles. The lowest BCUT2D eigenvalue weighted by atomic mass is 9.98. The maximum atomic E-state index is 15.0. The molecule has 0 atom stereocenters. The lowest BCUT2D eigenvalue weighted by molar-refractivity contribution is -0.134.